The van der Waals surface area contributed by atoms with Gasteiger partial charge >= 0.3 is 0 Å². The van der Waals surface area contributed by atoms with Crippen LogP contribution in [0.5, 0.6) is 11.5 Å². The Morgan fingerprint density at radius 3 is 2.57 bits per heavy atom. The van der Waals surface area contributed by atoms with Gasteiger partial charge in [0.05, 0.1) is 18.2 Å². The minimum absolute atomic E-state index is 0.0796. The number of hydrogen-bond acceptors (Lipinski definition) is 4. The van der Waals surface area contributed by atoms with Gasteiger partial charge in [0.2, 0.25) is 0 Å². The third-order valence-corrected chi connectivity index (χ3v) is 1.86. The number of methoxy groups -OCH3 is 1. The number of phenolic OH excluding ortho intramolecular Hbond substituents is 1. The molecule has 74 valence electrons. The van der Waals surface area contributed by atoms with Crippen LogP contribution in [0.4, 0.5) is 0 Å². The fraction of sp³-hybridized carbons (Fsp3) is 0.200. The molecule has 0 atom stereocenters. The highest BCUT2D eigenvalue weighted by Gasteiger charge is 2.12. The van der Waals surface area contributed by atoms with Crippen LogP contribution in [0.25, 0.3) is 0 Å². The van der Waals surface area contributed by atoms with Gasteiger partial charge < -0.3 is 9.84 Å². The molecule has 0 heterocycles. The number of Topliss-reactive ketones (excluding diaryl/α,β-unsaturated/α-hetero) is 1. The SMILES string of the molecule is COc1cc(O)c(C=O)cc1C(C)=O. The number of ether oxygens (including phenoxy) is 1. The Labute approximate surface area is 81.1 Å². The zero-order valence-electron chi connectivity index (χ0n) is 7.90. The molecule has 0 saturated carbocycles. The van der Waals surface area contributed by atoms with Crippen LogP contribution in [0.3, 0.4) is 0 Å². The van der Waals surface area contributed by atoms with Crippen LogP contribution < -0.4 is 4.74 Å². The van der Waals surface area contributed by atoms with E-state index in [1.807, 2.05) is 0 Å². The summed E-state index contributed by atoms with van der Waals surface area (Å²) in [6, 6.07) is 2.56. The molecule has 0 aliphatic carbocycles. The summed E-state index contributed by atoms with van der Waals surface area (Å²) in [6.07, 6.45) is 0.487. The van der Waals surface area contributed by atoms with E-state index in [1.165, 1.54) is 26.2 Å². The van der Waals surface area contributed by atoms with Crippen LogP contribution in [0, 0.1) is 0 Å². The van der Waals surface area contributed by atoms with Crippen LogP contribution in [-0.4, -0.2) is 24.3 Å². The van der Waals surface area contributed by atoms with Gasteiger partial charge in [0, 0.05) is 6.07 Å². The summed E-state index contributed by atoms with van der Waals surface area (Å²) < 4.78 is 4.89. The molecule has 0 spiro atoms. The Hall–Kier alpha value is -1.84. The molecule has 0 aromatic heterocycles. The van der Waals surface area contributed by atoms with Gasteiger partial charge in [-0.1, -0.05) is 0 Å². The highest BCUT2D eigenvalue weighted by molar-refractivity contribution is 5.99. The third kappa shape index (κ3) is 1.74. The molecular formula is C10H10O4. The van der Waals surface area contributed by atoms with Gasteiger partial charge in [-0.05, 0) is 13.0 Å². The van der Waals surface area contributed by atoms with Crippen LogP contribution in [-0.2, 0) is 0 Å². The third-order valence-electron chi connectivity index (χ3n) is 1.86. The second-order valence-corrected chi connectivity index (χ2v) is 2.79. The maximum Gasteiger partial charge on any atom is 0.163 e. The number of carbonyl (C=O) groups excluding carboxylic acids is 2. The number of carbonyl (C=O) groups is 2. The molecule has 1 aromatic carbocycles. The number of hydrogen-bond donors (Lipinski definition) is 1. The van der Waals surface area contributed by atoms with Gasteiger partial charge in [0.1, 0.15) is 11.5 Å². The average molecular weight is 194 g/mol. The Morgan fingerprint density at radius 1 is 1.50 bits per heavy atom. The lowest BCUT2D eigenvalue weighted by atomic mass is 10.1. The molecule has 14 heavy (non-hydrogen) atoms. The first-order valence-electron chi connectivity index (χ1n) is 3.97. The molecule has 0 aliphatic rings. The van der Waals surface area contributed by atoms with Crippen LogP contribution >= 0.6 is 0 Å². The van der Waals surface area contributed by atoms with Gasteiger partial charge in [-0.25, -0.2) is 0 Å². The van der Waals surface area contributed by atoms with Gasteiger partial charge in [-0.2, -0.15) is 0 Å². The standard InChI is InChI=1S/C10H10O4/c1-6(12)8-3-7(5-11)9(13)4-10(8)14-2/h3-5,13H,1-2H3. The average Bonchev–Trinajstić information content (AvgIpc) is 2.16. The fourth-order valence-electron chi connectivity index (χ4n) is 1.12. The largest absolute Gasteiger partial charge is 0.507 e. The maximum absolute atomic E-state index is 11.1. The van der Waals surface area contributed by atoms with Crippen molar-refractivity contribution in [2.45, 2.75) is 6.92 Å². The van der Waals surface area contributed by atoms with Crippen LogP contribution in [0.2, 0.25) is 0 Å². The van der Waals surface area contributed by atoms with Crippen LogP contribution in [0.15, 0.2) is 12.1 Å². The molecule has 0 fully saturated rings. The molecule has 1 aromatic rings. The molecule has 0 radical (unpaired) electrons. The van der Waals surface area contributed by atoms with E-state index in [-0.39, 0.29) is 28.4 Å². The molecule has 1 rings (SSSR count). The lowest BCUT2D eigenvalue weighted by molar-refractivity contribution is 0.101. The molecule has 0 bridgehead atoms. The van der Waals surface area contributed by atoms with E-state index in [0.29, 0.717) is 6.29 Å². The minimum atomic E-state index is -0.218. The van der Waals surface area contributed by atoms with Crippen molar-refractivity contribution in [2.75, 3.05) is 7.11 Å². The van der Waals surface area contributed by atoms with E-state index < -0.39 is 0 Å². The predicted molar refractivity (Wildman–Crippen MR) is 50.1 cm³/mol. The van der Waals surface area contributed by atoms with E-state index in [4.69, 9.17) is 4.74 Å². The maximum atomic E-state index is 11.1. The van der Waals surface area contributed by atoms with Crippen molar-refractivity contribution in [2.24, 2.45) is 0 Å². The fourth-order valence-corrected chi connectivity index (χ4v) is 1.12. The van der Waals surface area contributed by atoms with Crippen molar-refractivity contribution in [1.82, 2.24) is 0 Å². The summed E-state index contributed by atoms with van der Waals surface area (Å²) in [5.41, 5.74) is 0.364. The van der Waals surface area contributed by atoms with Gasteiger partial charge in [0.25, 0.3) is 0 Å². The number of phenols is 1. The Bertz CT molecular complexity index is 382. The molecular weight excluding hydrogens is 184 g/mol. The van der Waals surface area contributed by atoms with Crippen molar-refractivity contribution in [3.8, 4) is 11.5 Å². The lowest BCUT2D eigenvalue weighted by Crippen LogP contribution is -1.99. The van der Waals surface area contributed by atoms with E-state index >= 15 is 0 Å². The monoisotopic (exact) mass is 194 g/mol. The number of benzene rings is 1. The minimum Gasteiger partial charge on any atom is -0.507 e. The second kappa shape index (κ2) is 3.91. The zero-order valence-corrected chi connectivity index (χ0v) is 7.90. The van der Waals surface area contributed by atoms with Crippen molar-refractivity contribution in [3.05, 3.63) is 23.3 Å². The molecule has 0 amide bonds. The summed E-state index contributed by atoms with van der Waals surface area (Å²) in [5, 5.41) is 9.31. The first-order chi connectivity index (χ1) is 6.60. The molecule has 4 nitrogen and oxygen atoms in total. The van der Waals surface area contributed by atoms with E-state index in [2.05, 4.69) is 0 Å². The summed E-state index contributed by atoms with van der Waals surface area (Å²) >= 11 is 0. The van der Waals surface area contributed by atoms with E-state index in [9.17, 15) is 14.7 Å². The quantitative estimate of drug-likeness (QED) is 0.583. The lowest BCUT2D eigenvalue weighted by Gasteiger charge is -2.07. The predicted octanol–water partition coefficient (Wildman–Crippen LogP) is 1.42. The second-order valence-electron chi connectivity index (χ2n) is 2.79. The summed E-state index contributed by atoms with van der Waals surface area (Å²) in [7, 11) is 1.39. The first-order valence-corrected chi connectivity index (χ1v) is 3.97. The Morgan fingerprint density at radius 2 is 2.14 bits per heavy atom. The van der Waals surface area contributed by atoms with Gasteiger partial charge in [-0.3, -0.25) is 9.59 Å². The molecule has 0 aliphatic heterocycles. The van der Waals surface area contributed by atoms with Gasteiger partial charge in [0.15, 0.2) is 12.1 Å². The molecule has 0 unspecified atom stereocenters. The highest BCUT2D eigenvalue weighted by Crippen LogP contribution is 2.27. The smallest absolute Gasteiger partial charge is 0.163 e. The topological polar surface area (TPSA) is 63.6 Å². The van der Waals surface area contributed by atoms with Crippen LogP contribution in [0.1, 0.15) is 27.6 Å². The number of aldehydes is 1. The van der Waals surface area contributed by atoms with Crippen molar-refractivity contribution >= 4 is 12.1 Å². The Balaban J connectivity index is 3.39. The summed E-state index contributed by atoms with van der Waals surface area (Å²) in [6.45, 7) is 1.36. The van der Waals surface area contributed by atoms with Crippen molar-refractivity contribution in [1.29, 1.82) is 0 Å². The normalized spacial score (nSPS) is 9.57. The van der Waals surface area contributed by atoms with Crippen molar-refractivity contribution in [3.63, 3.8) is 0 Å². The zero-order chi connectivity index (χ0) is 10.7. The first kappa shape index (κ1) is 10.2. The number of rotatable bonds is 3. The number of ketones is 1. The van der Waals surface area contributed by atoms with E-state index in [1.54, 1.807) is 0 Å². The van der Waals surface area contributed by atoms with E-state index in [0.717, 1.165) is 0 Å². The summed E-state index contributed by atoms with van der Waals surface area (Å²) in [5.74, 6) is -0.146. The Kier molecular flexibility index (Phi) is 2.86. The molecule has 0 saturated heterocycles. The molecule has 1 N–H and O–H groups in total. The van der Waals surface area contributed by atoms with Crippen molar-refractivity contribution < 1.29 is 19.4 Å². The summed E-state index contributed by atoms with van der Waals surface area (Å²) in [4.78, 5) is 21.6. The highest BCUT2D eigenvalue weighted by atomic mass is 16.5. The van der Waals surface area contributed by atoms with Gasteiger partial charge in [-0.15, -0.1) is 0 Å². The molecule has 4 heteroatoms. The number of aromatic hydroxyl groups is 1.